The first kappa shape index (κ1) is 15.7. The van der Waals surface area contributed by atoms with Crippen LogP contribution in [-0.4, -0.2) is 18.3 Å². The maximum atomic E-state index is 10.3. The molecule has 2 nitrogen and oxygen atoms in total. The Labute approximate surface area is 141 Å². The molecule has 0 aliphatic heterocycles. The van der Waals surface area contributed by atoms with Gasteiger partial charge in [0, 0.05) is 6.42 Å². The molecule has 1 N–H and O–H groups in total. The first-order valence-corrected chi connectivity index (χ1v) is 9.66. The fourth-order valence-corrected chi connectivity index (χ4v) is 6.88. The minimum atomic E-state index is -0.137. The van der Waals surface area contributed by atoms with Crippen molar-refractivity contribution in [1.82, 2.24) is 0 Å². The van der Waals surface area contributed by atoms with Gasteiger partial charge in [-0.2, -0.15) is 0 Å². The van der Waals surface area contributed by atoms with E-state index in [9.17, 15) is 5.11 Å². The standard InChI is InChI=1S/C21H32O2/c1-13(22)19-8-9-20-18-6-4-14-12-15(23-3)5-7-16(14)17(18)10-11-21(19,20)2/h5,13,17-20,22H,4,6-12H2,1-3H3/t13-,17?,18?,19?,20?,21-/m1/s1. The van der Waals surface area contributed by atoms with Crippen LogP contribution in [0.25, 0.3) is 0 Å². The monoisotopic (exact) mass is 316 g/mol. The van der Waals surface area contributed by atoms with Crippen LogP contribution in [0.4, 0.5) is 0 Å². The van der Waals surface area contributed by atoms with Crippen molar-refractivity contribution in [1.29, 1.82) is 0 Å². The van der Waals surface area contributed by atoms with Gasteiger partial charge in [0.05, 0.1) is 19.0 Å². The highest BCUT2D eigenvalue weighted by Crippen LogP contribution is 2.63. The summed E-state index contributed by atoms with van der Waals surface area (Å²) >= 11 is 0. The van der Waals surface area contributed by atoms with Crippen LogP contribution in [0.1, 0.15) is 65.2 Å². The average molecular weight is 316 g/mol. The van der Waals surface area contributed by atoms with E-state index in [0.717, 1.165) is 30.6 Å². The van der Waals surface area contributed by atoms with E-state index in [2.05, 4.69) is 13.0 Å². The van der Waals surface area contributed by atoms with E-state index < -0.39 is 0 Å². The van der Waals surface area contributed by atoms with Crippen LogP contribution in [0.5, 0.6) is 0 Å². The molecule has 6 atom stereocenters. The Balaban J connectivity index is 1.59. The van der Waals surface area contributed by atoms with Gasteiger partial charge in [-0.25, -0.2) is 0 Å². The first-order chi connectivity index (χ1) is 11.0. The zero-order valence-electron chi connectivity index (χ0n) is 15.0. The van der Waals surface area contributed by atoms with Crippen molar-refractivity contribution < 1.29 is 9.84 Å². The second kappa shape index (κ2) is 5.65. The molecule has 0 amide bonds. The quantitative estimate of drug-likeness (QED) is 0.739. The third-order valence-corrected chi connectivity index (χ3v) is 7.97. The number of rotatable bonds is 2. The third kappa shape index (κ3) is 2.32. The van der Waals surface area contributed by atoms with Crippen molar-refractivity contribution in [2.45, 2.75) is 71.3 Å². The van der Waals surface area contributed by atoms with Gasteiger partial charge in [-0.1, -0.05) is 18.1 Å². The van der Waals surface area contributed by atoms with Crippen LogP contribution in [0.15, 0.2) is 23.0 Å². The maximum Gasteiger partial charge on any atom is 0.0959 e. The van der Waals surface area contributed by atoms with Crippen molar-refractivity contribution in [2.24, 2.45) is 29.1 Å². The molecule has 4 rings (SSSR count). The molecule has 2 heteroatoms. The zero-order valence-corrected chi connectivity index (χ0v) is 15.0. The van der Waals surface area contributed by atoms with E-state index in [1.165, 1.54) is 44.3 Å². The Hall–Kier alpha value is -0.760. The minimum Gasteiger partial charge on any atom is -0.501 e. The number of methoxy groups -OCH3 is 1. The molecule has 23 heavy (non-hydrogen) atoms. The maximum absolute atomic E-state index is 10.3. The van der Waals surface area contributed by atoms with Crippen LogP contribution >= 0.6 is 0 Å². The summed E-state index contributed by atoms with van der Waals surface area (Å²) in [6.07, 6.45) is 12.3. The van der Waals surface area contributed by atoms with Gasteiger partial charge in [0.25, 0.3) is 0 Å². The smallest absolute Gasteiger partial charge is 0.0959 e. The SMILES string of the molecule is COC1=CCC2=C(CCC3C2CC[C@@]2(C)C3CCC2[C@@H](C)O)C1. The van der Waals surface area contributed by atoms with Crippen LogP contribution < -0.4 is 0 Å². The van der Waals surface area contributed by atoms with Crippen LogP contribution in [0.3, 0.4) is 0 Å². The molecule has 4 aliphatic rings. The van der Waals surface area contributed by atoms with E-state index in [1.807, 2.05) is 14.0 Å². The molecule has 0 aromatic heterocycles. The molecule has 0 radical (unpaired) electrons. The minimum absolute atomic E-state index is 0.137. The normalized spacial score (nSPS) is 44.1. The van der Waals surface area contributed by atoms with Gasteiger partial charge in [-0.05, 0) is 87.0 Å². The summed E-state index contributed by atoms with van der Waals surface area (Å²) in [5.41, 5.74) is 3.85. The lowest BCUT2D eigenvalue weighted by Crippen LogP contribution is -2.45. The molecule has 4 aliphatic carbocycles. The third-order valence-electron chi connectivity index (χ3n) is 7.97. The topological polar surface area (TPSA) is 29.5 Å². The number of allylic oxidation sites excluding steroid dienone is 3. The summed E-state index contributed by atoms with van der Waals surface area (Å²) in [4.78, 5) is 0. The van der Waals surface area contributed by atoms with Crippen LogP contribution in [-0.2, 0) is 4.74 Å². The number of fused-ring (bicyclic) bond motifs is 4. The molecule has 128 valence electrons. The lowest BCUT2D eigenvalue weighted by molar-refractivity contribution is -0.0264. The highest BCUT2D eigenvalue weighted by Gasteiger charge is 2.55. The summed E-state index contributed by atoms with van der Waals surface area (Å²) < 4.78 is 5.50. The molecular weight excluding hydrogens is 284 g/mol. The summed E-state index contributed by atoms with van der Waals surface area (Å²) in [5.74, 6) is 4.23. The lowest BCUT2D eigenvalue weighted by Gasteiger charge is -2.52. The van der Waals surface area contributed by atoms with E-state index in [-0.39, 0.29) is 6.10 Å². The second-order valence-electron chi connectivity index (χ2n) is 8.77. The molecule has 0 aromatic rings. The van der Waals surface area contributed by atoms with E-state index in [0.29, 0.717) is 11.3 Å². The summed E-state index contributed by atoms with van der Waals surface area (Å²) in [6.45, 7) is 4.51. The van der Waals surface area contributed by atoms with Gasteiger partial charge >= 0.3 is 0 Å². The number of aliphatic hydroxyl groups is 1. The Morgan fingerprint density at radius 2 is 2.09 bits per heavy atom. The predicted octanol–water partition coefficient (Wildman–Crippen LogP) is 4.84. The molecule has 0 heterocycles. The van der Waals surface area contributed by atoms with E-state index in [1.54, 1.807) is 11.1 Å². The largest absolute Gasteiger partial charge is 0.501 e. The number of hydrogen-bond acceptors (Lipinski definition) is 2. The second-order valence-corrected chi connectivity index (χ2v) is 8.77. The van der Waals surface area contributed by atoms with E-state index >= 15 is 0 Å². The zero-order chi connectivity index (χ0) is 16.2. The molecular formula is C21H32O2. The van der Waals surface area contributed by atoms with Gasteiger partial charge in [0.15, 0.2) is 0 Å². The highest BCUT2D eigenvalue weighted by atomic mass is 16.5. The Morgan fingerprint density at radius 1 is 1.26 bits per heavy atom. The lowest BCUT2D eigenvalue weighted by atomic mass is 9.53. The molecule has 0 spiro atoms. The summed E-state index contributed by atoms with van der Waals surface area (Å²) in [6, 6.07) is 0. The number of ether oxygens (including phenoxy) is 1. The van der Waals surface area contributed by atoms with Gasteiger partial charge in [0.2, 0.25) is 0 Å². The Morgan fingerprint density at radius 3 is 2.83 bits per heavy atom. The molecule has 0 bridgehead atoms. The fourth-order valence-electron chi connectivity index (χ4n) is 6.88. The fraction of sp³-hybridized carbons (Fsp3) is 0.810. The summed E-state index contributed by atoms with van der Waals surface area (Å²) in [5, 5.41) is 10.3. The van der Waals surface area contributed by atoms with Gasteiger partial charge in [0.1, 0.15) is 0 Å². The average Bonchev–Trinajstić information content (AvgIpc) is 2.91. The van der Waals surface area contributed by atoms with Gasteiger partial charge in [-0.3, -0.25) is 0 Å². The van der Waals surface area contributed by atoms with Crippen molar-refractivity contribution in [3.8, 4) is 0 Å². The molecule has 2 saturated carbocycles. The van der Waals surface area contributed by atoms with Crippen molar-refractivity contribution in [3.05, 3.63) is 23.0 Å². The van der Waals surface area contributed by atoms with Gasteiger partial charge in [-0.15, -0.1) is 0 Å². The Kier molecular flexibility index (Phi) is 3.87. The molecule has 4 unspecified atom stereocenters. The predicted molar refractivity (Wildman–Crippen MR) is 92.8 cm³/mol. The van der Waals surface area contributed by atoms with E-state index in [4.69, 9.17) is 4.74 Å². The number of hydrogen-bond donors (Lipinski definition) is 1. The summed E-state index contributed by atoms with van der Waals surface area (Å²) in [7, 11) is 1.81. The van der Waals surface area contributed by atoms with Crippen molar-refractivity contribution in [3.63, 3.8) is 0 Å². The van der Waals surface area contributed by atoms with Crippen LogP contribution in [0.2, 0.25) is 0 Å². The van der Waals surface area contributed by atoms with Crippen LogP contribution in [0, 0.1) is 29.1 Å². The van der Waals surface area contributed by atoms with Crippen molar-refractivity contribution >= 4 is 0 Å². The Bertz CT molecular complexity index is 544. The number of aliphatic hydroxyl groups excluding tert-OH is 1. The molecule has 2 fully saturated rings. The van der Waals surface area contributed by atoms with Gasteiger partial charge < -0.3 is 9.84 Å². The highest BCUT2D eigenvalue weighted by molar-refractivity contribution is 5.32. The van der Waals surface area contributed by atoms with Crippen molar-refractivity contribution in [2.75, 3.05) is 7.11 Å². The molecule has 0 aromatic carbocycles. The first-order valence-electron chi connectivity index (χ1n) is 9.66. The molecule has 0 saturated heterocycles.